The van der Waals surface area contributed by atoms with Gasteiger partial charge in [0.25, 0.3) is 5.56 Å². The first-order chi connectivity index (χ1) is 16.4. The molecular weight excluding hydrogens is 440 g/mol. The number of hydrogen-bond acceptors (Lipinski definition) is 6. The minimum atomic E-state index is -0.649. The number of carbonyl (C=O) groups excluding carboxylic acids is 2. The first-order valence-corrected chi connectivity index (χ1v) is 11.2. The summed E-state index contributed by atoms with van der Waals surface area (Å²) in [7, 11) is 1.55. The van der Waals surface area contributed by atoms with Crippen molar-refractivity contribution in [1.29, 1.82) is 0 Å². The fraction of sp³-hybridized carbons (Fsp3) is 0.435. The molecule has 2 heterocycles. The first-order valence-electron chi connectivity index (χ1n) is 11.2. The van der Waals surface area contributed by atoms with E-state index in [1.807, 2.05) is 44.2 Å². The van der Waals surface area contributed by atoms with Crippen molar-refractivity contribution in [2.75, 3.05) is 33.4 Å². The smallest absolute Gasteiger partial charge is 0.333 e. The van der Waals surface area contributed by atoms with Crippen molar-refractivity contribution in [1.82, 2.24) is 28.9 Å². The van der Waals surface area contributed by atoms with Crippen molar-refractivity contribution in [2.24, 2.45) is 0 Å². The molecule has 3 aromatic rings. The molecule has 34 heavy (non-hydrogen) atoms. The zero-order valence-corrected chi connectivity index (χ0v) is 19.7. The molecule has 2 amide bonds. The van der Waals surface area contributed by atoms with Gasteiger partial charge in [0.1, 0.15) is 6.54 Å². The van der Waals surface area contributed by atoms with E-state index in [4.69, 9.17) is 4.74 Å². The lowest BCUT2D eigenvalue weighted by atomic mass is 10.2. The summed E-state index contributed by atoms with van der Waals surface area (Å²) in [6.07, 6.45) is 1.49. The van der Waals surface area contributed by atoms with Crippen LogP contribution in [0.25, 0.3) is 11.2 Å². The van der Waals surface area contributed by atoms with E-state index in [0.717, 1.165) is 10.1 Å². The normalized spacial score (nSPS) is 11.0. The molecule has 3 rings (SSSR count). The van der Waals surface area contributed by atoms with Gasteiger partial charge >= 0.3 is 5.69 Å². The van der Waals surface area contributed by atoms with E-state index < -0.39 is 23.7 Å². The zero-order chi connectivity index (χ0) is 24.7. The fourth-order valence-electron chi connectivity index (χ4n) is 3.71. The highest BCUT2D eigenvalue weighted by Gasteiger charge is 2.20. The minimum Gasteiger partial charge on any atom is -0.383 e. The van der Waals surface area contributed by atoms with Gasteiger partial charge in [-0.3, -0.25) is 19.0 Å². The molecule has 182 valence electrons. The Morgan fingerprint density at radius 1 is 1.09 bits per heavy atom. The predicted molar refractivity (Wildman–Crippen MR) is 127 cm³/mol. The Morgan fingerprint density at radius 3 is 2.44 bits per heavy atom. The summed E-state index contributed by atoms with van der Waals surface area (Å²) >= 11 is 0. The number of ether oxygens (including phenoxy) is 1. The fourth-order valence-corrected chi connectivity index (χ4v) is 3.71. The Bertz CT molecular complexity index is 1260. The Morgan fingerprint density at radius 2 is 1.79 bits per heavy atom. The van der Waals surface area contributed by atoms with Gasteiger partial charge in [0.05, 0.1) is 26.0 Å². The number of nitrogens with zero attached hydrogens (tertiary/aromatic N) is 5. The summed E-state index contributed by atoms with van der Waals surface area (Å²) in [4.78, 5) is 57.2. The van der Waals surface area contributed by atoms with Gasteiger partial charge in [-0.05, 0) is 19.4 Å². The summed E-state index contributed by atoms with van der Waals surface area (Å²) < 4.78 is 8.99. The number of amides is 2. The largest absolute Gasteiger partial charge is 0.383 e. The van der Waals surface area contributed by atoms with Crippen LogP contribution in [-0.4, -0.2) is 68.8 Å². The van der Waals surface area contributed by atoms with Crippen LogP contribution in [0.2, 0.25) is 0 Å². The van der Waals surface area contributed by atoms with Gasteiger partial charge < -0.3 is 19.5 Å². The molecule has 0 saturated carbocycles. The van der Waals surface area contributed by atoms with Crippen LogP contribution in [-0.2, 0) is 34.0 Å². The van der Waals surface area contributed by atoms with Gasteiger partial charge in [-0.2, -0.15) is 0 Å². The number of imidazole rings is 1. The maximum Gasteiger partial charge on any atom is 0.333 e. The van der Waals surface area contributed by atoms with Crippen molar-refractivity contribution in [2.45, 2.75) is 33.5 Å². The number of benzene rings is 1. The van der Waals surface area contributed by atoms with Crippen molar-refractivity contribution < 1.29 is 14.3 Å². The Balaban J connectivity index is 1.98. The second-order valence-corrected chi connectivity index (χ2v) is 7.69. The predicted octanol–water partition coefficient (Wildman–Crippen LogP) is 0.0390. The Hall–Kier alpha value is -3.73. The number of nitrogens with one attached hydrogen (secondary N) is 1. The average Bonchev–Trinajstić information content (AvgIpc) is 3.27. The molecule has 11 nitrogen and oxygen atoms in total. The SMILES string of the molecule is CCN(CC)C(=O)CNC(=O)Cn1c(=O)c2c(ncn2CCOC)n(Cc2ccccc2)c1=O. The molecule has 0 aliphatic carbocycles. The monoisotopic (exact) mass is 470 g/mol. The van der Waals surface area contributed by atoms with Crippen molar-refractivity contribution >= 4 is 23.0 Å². The second-order valence-electron chi connectivity index (χ2n) is 7.69. The highest BCUT2D eigenvalue weighted by atomic mass is 16.5. The van der Waals surface area contributed by atoms with Crippen LogP contribution in [0, 0.1) is 0 Å². The van der Waals surface area contributed by atoms with E-state index in [9.17, 15) is 19.2 Å². The summed E-state index contributed by atoms with van der Waals surface area (Å²) in [5.74, 6) is -0.839. The first kappa shape index (κ1) is 24.9. The summed E-state index contributed by atoms with van der Waals surface area (Å²) in [6, 6.07) is 9.30. The number of fused-ring (bicyclic) bond motifs is 1. The topological polar surface area (TPSA) is 120 Å². The molecule has 0 unspecified atom stereocenters. The molecule has 0 aliphatic rings. The van der Waals surface area contributed by atoms with E-state index in [0.29, 0.717) is 26.2 Å². The quantitative estimate of drug-likeness (QED) is 0.422. The minimum absolute atomic E-state index is 0.180. The van der Waals surface area contributed by atoms with Gasteiger partial charge in [0, 0.05) is 26.7 Å². The molecule has 1 N–H and O–H groups in total. The van der Waals surface area contributed by atoms with Crippen LogP contribution in [0.1, 0.15) is 19.4 Å². The molecule has 0 radical (unpaired) electrons. The van der Waals surface area contributed by atoms with Gasteiger partial charge in [-0.15, -0.1) is 0 Å². The van der Waals surface area contributed by atoms with Crippen molar-refractivity contribution in [3.63, 3.8) is 0 Å². The van der Waals surface area contributed by atoms with Crippen LogP contribution in [0.15, 0.2) is 46.2 Å². The van der Waals surface area contributed by atoms with Gasteiger partial charge in [-0.25, -0.2) is 14.3 Å². The third-order valence-corrected chi connectivity index (χ3v) is 5.56. The number of hydrogen-bond donors (Lipinski definition) is 1. The molecule has 0 spiro atoms. The van der Waals surface area contributed by atoms with Gasteiger partial charge in [0.15, 0.2) is 11.2 Å². The molecule has 0 atom stereocenters. The maximum atomic E-state index is 13.3. The van der Waals surface area contributed by atoms with E-state index >= 15 is 0 Å². The number of likely N-dealkylation sites (N-methyl/N-ethyl adjacent to an activating group) is 1. The number of aromatic nitrogens is 4. The molecule has 0 aliphatic heterocycles. The van der Waals surface area contributed by atoms with E-state index in [1.54, 1.807) is 16.6 Å². The van der Waals surface area contributed by atoms with Gasteiger partial charge in [-0.1, -0.05) is 30.3 Å². The zero-order valence-electron chi connectivity index (χ0n) is 19.7. The highest BCUT2D eigenvalue weighted by molar-refractivity contribution is 5.84. The summed E-state index contributed by atoms with van der Waals surface area (Å²) in [5.41, 5.74) is 0.0198. The van der Waals surface area contributed by atoms with Crippen LogP contribution < -0.4 is 16.6 Å². The van der Waals surface area contributed by atoms with E-state index in [1.165, 1.54) is 10.9 Å². The molecule has 0 bridgehead atoms. The summed E-state index contributed by atoms with van der Waals surface area (Å²) in [5, 5.41) is 2.51. The highest BCUT2D eigenvalue weighted by Crippen LogP contribution is 2.10. The second kappa shape index (κ2) is 11.4. The number of rotatable bonds is 11. The van der Waals surface area contributed by atoms with E-state index in [2.05, 4.69) is 10.3 Å². The molecule has 1 aromatic carbocycles. The van der Waals surface area contributed by atoms with Crippen molar-refractivity contribution in [3.05, 3.63) is 63.1 Å². The molecule has 0 saturated heterocycles. The summed E-state index contributed by atoms with van der Waals surface area (Å²) in [6.45, 7) is 4.91. The molecule has 11 heteroatoms. The van der Waals surface area contributed by atoms with Crippen LogP contribution in [0.3, 0.4) is 0 Å². The Kier molecular flexibility index (Phi) is 8.36. The van der Waals surface area contributed by atoms with Gasteiger partial charge in [0.2, 0.25) is 11.8 Å². The Labute approximate surface area is 196 Å². The van der Waals surface area contributed by atoms with Crippen LogP contribution >= 0.6 is 0 Å². The maximum absolute atomic E-state index is 13.3. The standard InChI is InChI=1S/C23H30N6O5/c1-4-26(5-2)19(31)13-24-18(30)15-29-22(32)20-21(25-16-27(20)11-12-34-3)28(23(29)33)14-17-9-7-6-8-10-17/h6-10,16H,4-5,11-15H2,1-3H3,(H,24,30). The third-order valence-electron chi connectivity index (χ3n) is 5.56. The lowest BCUT2D eigenvalue weighted by molar-refractivity contribution is -0.132. The molecule has 0 fully saturated rings. The number of carbonyl (C=O) groups is 2. The van der Waals surface area contributed by atoms with Crippen LogP contribution in [0.5, 0.6) is 0 Å². The lowest BCUT2D eigenvalue weighted by Gasteiger charge is -2.18. The lowest BCUT2D eigenvalue weighted by Crippen LogP contribution is -2.46. The van der Waals surface area contributed by atoms with Crippen LogP contribution in [0.4, 0.5) is 0 Å². The van der Waals surface area contributed by atoms with Crippen molar-refractivity contribution in [3.8, 4) is 0 Å². The van der Waals surface area contributed by atoms with E-state index in [-0.39, 0.29) is 30.2 Å². The molecular formula is C23H30N6O5. The average molecular weight is 471 g/mol. The number of methoxy groups -OCH3 is 1. The molecule has 2 aromatic heterocycles. The third kappa shape index (κ3) is 5.42.